The van der Waals surface area contributed by atoms with E-state index >= 15 is 0 Å². The van der Waals surface area contributed by atoms with Crippen LogP contribution in [0.5, 0.6) is 0 Å². The molecular formula is C31H36N4O2. The second-order valence-electron chi connectivity index (χ2n) is 9.93. The topological polar surface area (TPSA) is 68.4 Å². The fourth-order valence-electron chi connectivity index (χ4n) is 4.52. The number of nitrogens with zero attached hydrogens (tertiary/aromatic N) is 2. The van der Waals surface area contributed by atoms with Crippen LogP contribution >= 0.6 is 0 Å². The van der Waals surface area contributed by atoms with Crippen molar-refractivity contribution in [2.45, 2.75) is 33.7 Å². The quantitative estimate of drug-likeness (QED) is 0.273. The van der Waals surface area contributed by atoms with Gasteiger partial charge in [-0.05, 0) is 48.1 Å². The van der Waals surface area contributed by atoms with Crippen LogP contribution in [-0.2, 0) is 17.8 Å². The summed E-state index contributed by atoms with van der Waals surface area (Å²) in [5, 5.41) is 4.17. The van der Waals surface area contributed by atoms with Crippen LogP contribution in [0.2, 0.25) is 0 Å². The highest BCUT2D eigenvalue weighted by Crippen LogP contribution is 2.19. The SMILES string of the molecule is Cc1ccccc1NC(=O)N(CC(=O)N(CCc1c[nH]c2ccccc12)Cc1ccccc1)CC(C)C. The van der Waals surface area contributed by atoms with Gasteiger partial charge in [-0.2, -0.15) is 0 Å². The second kappa shape index (κ2) is 12.3. The summed E-state index contributed by atoms with van der Waals surface area (Å²) in [6, 6.07) is 25.6. The average molecular weight is 497 g/mol. The molecule has 0 saturated carbocycles. The van der Waals surface area contributed by atoms with Crippen molar-refractivity contribution in [1.29, 1.82) is 0 Å². The highest BCUT2D eigenvalue weighted by atomic mass is 16.2. The van der Waals surface area contributed by atoms with E-state index in [-0.39, 0.29) is 24.4 Å². The van der Waals surface area contributed by atoms with Gasteiger partial charge in [-0.15, -0.1) is 0 Å². The molecule has 3 amide bonds. The van der Waals surface area contributed by atoms with Crippen molar-refractivity contribution >= 4 is 28.5 Å². The zero-order valence-electron chi connectivity index (χ0n) is 21.9. The van der Waals surface area contributed by atoms with E-state index in [2.05, 4.69) is 36.3 Å². The van der Waals surface area contributed by atoms with E-state index < -0.39 is 0 Å². The third kappa shape index (κ3) is 7.00. The molecule has 4 rings (SSSR count). The molecule has 1 heterocycles. The Balaban J connectivity index is 1.51. The lowest BCUT2D eigenvalue weighted by molar-refractivity contribution is -0.132. The lowest BCUT2D eigenvalue weighted by Gasteiger charge is -2.29. The summed E-state index contributed by atoms with van der Waals surface area (Å²) in [7, 11) is 0. The summed E-state index contributed by atoms with van der Waals surface area (Å²) >= 11 is 0. The van der Waals surface area contributed by atoms with Crippen LogP contribution in [0.4, 0.5) is 10.5 Å². The molecule has 0 spiro atoms. The van der Waals surface area contributed by atoms with Crippen molar-refractivity contribution in [3.63, 3.8) is 0 Å². The Morgan fingerprint density at radius 3 is 2.35 bits per heavy atom. The minimum atomic E-state index is -0.257. The molecule has 0 fully saturated rings. The molecule has 2 N–H and O–H groups in total. The minimum Gasteiger partial charge on any atom is -0.361 e. The van der Waals surface area contributed by atoms with Gasteiger partial charge in [-0.25, -0.2) is 4.79 Å². The highest BCUT2D eigenvalue weighted by molar-refractivity contribution is 5.93. The van der Waals surface area contributed by atoms with E-state index in [1.54, 1.807) is 4.90 Å². The molecule has 0 bridgehead atoms. The first-order valence-electron chi connectivity index (χ1n) is 12.9. The van der Waals surface area contributed by atoms with E-state index in [1.165, 1.54) is 10.9 Å². The van der Waals surface area contributed by atoms with Crippen molar-refractivity contribution in [2.75, 3.05) is 25.0 Å². The molecule has 4 aromatic rings. The molecule has 0 aliphatic carbocycles. The second-order valence-corrected chi connectivity index (χ2v) is 9.93. The summed E-state index contributed by atoms with van der Waals surface area (Å²) in [6.45, 7) is 7.64. The Kier molecular flexibility index (Phi) is 8.62. The Morgan fingerprint density at radius 2 is 1.59 bits per heavy atom. The number of urea groups is 1. The summed E-state index contributed by atoms with van der Waals surface area (Å²) in [5.41, 5.74) is 5.08. The molecule has 0 aliphatic heterocycles. The van der Waals surface area contributed by atoms with E-state index in [0.717, 1.165) is 28.8 Å². The minimum absolute atomic E-state index is 0.0244. The number of hydrogen-bond acceptors (Lipinski definition) is 2. The largest absolute Gasteiger partial charge is 0.361 e. The third-order valence-electron chi connectivity index (χ3n) is 6.48. The maximum absolute atomic E-state index is 13.7. The van der Waals surface area contributed by atoms with Crippen LogP contribution in [-0.4, -0.2) is 46.4 Å². The Hall–Kier alpha value is -4.06. The fraction of sp³-hybridized carbons (Fsp3) is 0.290. The molecule has 6 heteroatoms. The number of aromatic amines is 1. The number of rotatable bonds is 10. The van der Waals surface area contributed by atoms with Gasteiger partial charge < -0.3 is 20.1 Å². The smallest absolute Gasteiger partial charge is 0.322 e. The van der Waals surface area contributed by atoms with Crippen molar-refractivity contribution in [3.8, 4) is 0 Å². The van der Waals surface area contributed by atoms with Gasteiger partial charge >= 0.3 is 6.03 Å². The number of benzene rings is 3. The van der Waals surface area contributed by atoms with Crippen LogP contribution in [0.1, 0.15) is 30.5 Å². The van der Waals surface area contributed by atoms with Crippen molar-refractivity contribution < 1.29 is 9.59 Å². The van der Waals surface area contributed by atoms with Crippen molar-refractivity contribution in [2.24, 2.45) is 5.92 Å². The fourth-order valence-corrected chi connectivity index (χ4v) is 4.52. The molecule has 1 aromatic heterocycles. The standard InChI is InChI=1S/C31H36N4O2/c1-23(2)20-35(31(37)33-28-15-9-7-11-24(28)3)22-30(36)34(21-25-12-5-4-6-13-25)18-17-26-19-32-29-16-10-8-14-27(26)29/h4-16,19,23,32H,17-18,20-22H2,1-3H3,(H,33,37). The van der Waals surface area contributed by atoms with Crippen LogP contribution in [0.15, 0.2) is 85.1 Å². The van der Waals surface area contributed by atoms with E-state index in [4.69, 9.17) is 0 Å². The molecule has 192 valence electrons. The number of amides is 3. The van der Waals surface area contributed by atoms with Gasteiger partial charge in [0.1, 0.15) is 6.54 Å². The van der Waals surface area contributed by atoms with Gasteiger partial charge in [0.25, 0.3) is 0 Å². The summed E-state index contributed by atoms with van der Waals surface area (Å²) < 4.78 is 0. The predicted molar refractivity (Wildman–Crippen MR) is 150 cm³/mol. The first kappa shape index (κ1) is 26.0. The number of carbonyl (C=O) groups is 2. The van der Waals surface area contributed by atoms with Crippen LogP contribution in [0, 0.1) is 12.8 Å². The molecule has 3 aromatic carbocycles. The maximum atomic E-state index is 13.7. The molecular weight excluding hydrogens is 460 g/mol. The summed E-state index contributed by atoms with van der Waals surface area (Å²) in [6.07, 6.45) is 2.75. The Morgan fingerprint density at radius 1 is 0.892 bits per heavy atom. The van der Waals surface area contributed by atoms with Gasteiger partial charge in [0.15, 0.2) is 0 Å². The molecule has 0 unspecified atom stereocenters. The van der Waals surface area contributed by atoms with Crippen LogP contribution in [0.3, 0.4) is 0 Å². The number of H-pyrrole nitrogens is 1. The molecule has 0 radical (unpaired) electrons. The molecule has 6 nitrogen and oxygen atoms in total. The van der Waals surface area contributed by atoms with Gasteiger partial charge in [0.05, 0.1) is 0 Å². The first-order valence-corrected chi connectivity index (χ1v) is 12.9. The molecule has 0 atom stereocenters. The van der Waals surface area contributed by atoms with E-state index in [1.807, 2.05) is 84.8 Å². The number of aryl methyl sites for hydroxylation is 1. The zero-order chi connectivity index (χ0) is 26.2. The molecule has 0 saturated heterocycles. The lowest BCUT2D eigenvalue weighted by atomic mass is 10.1. The monoisotopic (exact) mass is 496 g/mol. The summed E-state index contributed by atoms with van der Waals surface area (Å²) in [5.74, 6) is 0.161. The van der Waals surface area contributed by atoms with Gasteiger partial charge in [0.2, 0.25) is 5.91 Å². The highest BCUT2D eigenvalue weighted by Gasteiger charge is 2.23. The predicted octanol–water partition coefficient (Wildman–Crippen LogP) is 6.24. The molecule has 37 heavy (non-hydrogen) atoms. The number of nitrogens with one attached hydrogen (secondary N) is 2. The van der Waals surface area contributed by atoms with Gasteiger partial charge in [0, 0.05) is 42.4 Å². The lowest BCUT2D eigenvalue weighted by Crippen LogP contribution is -2.46. The number of hydrogen-bond donors (Lipinski definition) is 2. The van der Waals surface area contributed by atoms with Crippen molar-refractivity contribution in [1.82, 2.24) is 14.8 Å². The third-order valence-corrected chi connectivity index (χ3v) is 6.48. The van der Waals surface area contributed by atoms with Crippen LogP contribution < -0.4 is 5.32 Å². The number of aromatic nitrogens is 1. The average Bonchev–Trinajstić information content (AvgIpc) is 3.31. The van der Waals surface area contributed by atoms with E-state index in [9.17, 15) is 9.59 Å². The van der Waals surface area contributed by atoms with Gasteiger partial charge in [-0.3, -0.25) is 4.79 Å². The molecule has 0 aliphatic rings. The zero-order valence-corrected chi connectivity index (χ0v) is 21.9. The number of carbonyl (C=O) groups excluding carboxylic acids is 2. The number of fused-ring (bicyclic) bond motifs is 1. The van der Waals surface area contributed by atoms with E-state index in [0.29, 0.717) is 19.6 Å². The summed E-state index contributed by atoms with van der Waals surface area (Å²) in [4.78, 5) is 33.7. The normalized spacial score (nSPS) is 11.0. The maximum Gasteiger partial charge on any atom is 0.322 e. The van der Waals surface area contributed by atoms with Crippen molar-refractivity contribution in [3.05, 3.63) is 102 Å². The van der Waals surface area contributed by atoms with Gasteiger partial charge in [-0.1, -0.05) is 80.6 Å². The first-order chi connectivity index (χ1) is 17.9. The Labute approximate surface area is 219 Å². The van der Waals surface area contributed by atoms with Crippen LogP contribution in [0.25, 0.3) is 10.9 Å². The number of para-hydroxylation sites is 2. The number of anilines is 1. The Bertz CT molecular complexity index is 1330.